The summed E-state index contributed by atoms with van der Waals surface area (Å²) in [5, 5.41) is 2.76. The molecule has 2 aromatic carbocycles. The normalized spacial score (nSPS) is 11.7. The van der Waals surface area contributed by atoms with Gasteiger partial charge >= 0.3 is 5.97 Å². The summed E-state index contributed by atoms with van der Waals surface area (Å²) < 4.78 is 6.18. The molecule has 0 aliphatic carbocycles. The number of rotatable bonds is 7. The maximum Gasteiger partial charge on any atom is 0.310 e. The van der Waals surface area contributed by atoms with Crippen molar-refractivity contribution in [2.75, 3.05) is 5.32 Å². The molecule has 0 saturated heterocycles. The van der Waals surface area contributed by atoms with E-state index in [9.17, 15) is 14.4 Å². The first-order valence-electron chi connectivity index (χ1n) is 8.65. The Kier molecular flexibility index (Phi) is 7.30. The number of ketones is 1. The summed E-state index contributed by atoms with van der Waals surface area (Å²) in [4.78, 5) is 36.2. The highest BCUT2D eigenvalue weighted by Crippen LogP contribution is 2.15. The molecule has 5 nitrogen and oxygen atoms in total. The van der Waals surface area contributed by atoms with Gasteiger partial charge in [-0.05, 0) is 48.9 Å². The molecule has 142 valence electrons. The maximum atomic E-state index is 12.4. The lowest BCUT2D eigenvalue weighted by molar-refractivity contribution is -0.145. The molecule has 0 heterocycles. The lowest BCUT2D eigenvalue weighted by Gasteiger charge is -2.13. The van der Waals surface area contributed by atoms with Gasteiger partial charge < -0.3 is 10.1 Å². The molecule has 0 aromatic heterocycles. The summed E-state index contributed by atoms with van der Waals surface area (Å²) in [7, 11) is 0. The number of hydrogen-bond donors (Lipinski definition) is 1. The van der Waals surface area contributed by atoms with Gasteiger partial charge in [-0.2, -0.15) is 0 Å². The zero-order valence-electron chi connectivity index (χ0n) is 15.5. The second kappa shape index (κ2) is 9.46. The molecule has 1 amide bonds. The Balaban J connectivity index is 1.92. The molecule has 0 radical (unpaired) electrons. The van der Waals surface area contributed by atoms with E-state index >= 15 is 0 Å². The van der Waals surface area contributed by atoms with Crippen LogP contribution in [0.1, 0.15) is 36.7 Å². The largest absolute Gasteiger partial charge is 0.454 e. The molecule has 1 unspecified atom stereocenters. The van der Waals surface area contributed by atoms with Crippen LogP contribution in [0.4, 0.5) is 5.69 Å². The minimum atomic E-state index is -0.885. The van der Waals surface area contributed by atoms with Gasteiger partial charge in [-0.15, -0.1) is 0 Å². The van der Waals surface area contributed by atoms with Gasteiger partial charge in [-0.3, -0.25) is 14.4 Å². The molecular formula is C21H22BrNO4. The Morgan fingerprint density at radius 3 is 2.11 bits per heavy atom. The topological polar surface area (TPSA) is 72.5 Å². The lowest BCUT2D eigenvalue weighted by Crippen LogP contribution is -2.25. The number of carbonyl (C=O) groups is 3. The highest BCUT2D eigenvalue weighted by atomic mass is 79.9. The zero-order chi connectivity index (χ0) is 20.0. The lowest BCUT2D eigenvalue weighted by atomic mass is 10.1. The summed E-state index contributed by atoms with van der Waals surface area (Å²) in [6, 6.07) is 13.9. The van der Waals surface area contributed by atoms with Gasteiger partial charge in [0.1, 0.15) is 0 Å². The Hall–Kier alpha value is -2.47. The van der Waals surface area contributed by atoms with Crippen LogP contribution in [0.2, 0.25) is 0 Å². The number of ether oxygens (including phenoxy) is 1. The zero-order valence-corrected chi connectivity index (χ0v) is 17.1. The van der Waals surface area contributed by atoms with Crippen molar-refractivity contribution in [2.24, 2.45) is 5.92 Å². The van der Waals surface area contributed by atoms with E-state index in [1.807, 2.05) is 24.3 Å². The van der Waals surface area contributed by atoms with Crippen molar-refractivity contribution in [2.45, 2.75) is 33.3 Å². The Bertz CT molecular complexity index is 813. The van der Waals surface area contributed by atoms with E-state index in [4.69, 9.17) is 4.74 Å². The molecule has 2 rings (SSSR count). The number of hydrogen-bond acceptors (Lipinski definition) is 4. The van der Waals surface area contributed by atoms with Crippen molar-refractivity contribution in [3.63, 3.8) is 0 Å². The third-order valence-corrected chi connectivity index (χ3v) is 4.43. The van der Waals surface area contributed by atoms with Gasteiger partial charge in [0, 0.05) is 21.6 Å². The summed E-state index contributed by atoms with van der Waals surface area (Å²) in [5.41, 5.74) is 1.85. The molecule has 0 fully saturated rings. The van der Waals surface area contributed by atoms with Gasteiger partial charge in [0.05, 0.1) is 6.42 Å². The van der Waals surface area contributed by atoms with Crippen LogP contribution >= 0.6 is 15.9 Å². The molecule has 0 bridgehead atoms. The number of Topliss-reactive ketones (excluding diaryl/α,β-unsaturated/α-hetero) is 1. The predicted octanol–water partition coefficient (Wildman–Crippen LogP) is 4.40. The Morgan fingerprint density at radius 2 is 1.56 bits per heavy atom. The van der Waals surface area contributed by atoms with Gasteiger partial charge in [-0.25, -0.2) is 0 Å². The molecule has 0 aliphatic heterocycles. The van der Waals surface area contributed by atoms with Crippen LogP contribution in [-0.4, -0.2) is 23.8 Å². The van der Waals surface area contributed by atoms with E-state index in [1.165, 1.54) is 0 Å². The van der Waals surface area contributed by atoms with Crippen molar-refractivity contribution >= 4 is 39.3 Å². The fraction of sp³-hybridized carbons (Fsp3) is 0.286. The van der Waals surface area contributed by atoms with E-state index in [0.29, 0.717) is 11.3 Å². The summed E-state index contributed by atoms with van der Waals surface area (Å²) in [6.45, 7) is 5.16. The molecule has 6 heteroatoms. The van der Waals surface area contributed by atoms with Crippen molar-refractivity contribution in [1.29, 1.82) is 0 Å². The number of esters is 1. The number of benzene rings is 2. The first kappa shape index (κ1) is 20.8. The minimum absolute atomic E-state index is 0.0932. The predicted molar refractivity (Wildman–Crippen MR) is 108 cm³/mol. The van der Waals surface area contributed by atoms with Gasteiger partial charge in [-0.1, -0.05) is 41.9 Å². The number of carbonyl (C=O) groups excluding carboxylic acids is 3. The highest BCUT2D eigenvalue weighted by molar-refractivity contribution is 9.10. The average Bonchev–Trinajstić information content (AvgIpc) is 2.63. The third-order valence-electron chi connectivity index (χ3n) is 3.90. The number of amides is 1. The van der Waals surface area contributed by atoms with Crippen LogP contribution in [0, 0.1) is 5.92 Å². The van der Waals surface area contributed by atoms with Crippen LogP contribution in [0.25, 0.3) is 0 Å². The molecule has 27 heavy (non-hydrogen) atoms. The molecule has 2 aromatic rings. The fourth-order valence-electron chi connectivity index (χ4n) is 2.30. The van der Waals surface area contributed by atoms with Crippen molar-refractivity contribution < 1.29 is 19.1 Å². The second-order valence-corrected chi connectivity index (χ2v) is 7.44. The molecule has 0 spiro atoms. The van der Waals surface area contributed by atoms with Crippen LogP contribution in [0.3, 0.4) is 0 Å². The number of halogens is 1. The Labute approximate surface area is 167 Å². The van der Waals surface area contributed by atoms with Gasteiger partial charge in [0.15, 0.2) is 6.10 Å². The fourth-order valence-corrected chi connectivity index (χ4v) is 2.56. The van der Waals surface area contributed by atoms with Gasteiger partial charge in [0.25, 0.3) is 0 Å². The first-order valence-corrected chi connectivity index (χ1v) is 9.44. The molecular weight excluding hydrogens is 410 g/mol. The quantitative estimate of drug-likeness (QED) is 0.520. The monoisotopic (exact) mass is 431 g/mol. The van der Waals surface area contributed by atoms with Crippen LogP contribution in [0.5, 0.6) is 0 Å². The van der Waals surface area contributed by atoms with Crippen LogP contribution < -0.4 is 5.32 Å². The van der Waals surface area contributed by atoms with Crippen LogP contribution in [-0.2, 0) is 20.7 Å². The standard InChI is InChI=1S/C21H22BrNO4/c1-13(2)21(26)23-18-10-6-16(7-11-18)20(25)14(3)27-19(24)12-15-4-8-17(22)9-5-15/h4-11,13-14H,12H2,1-3H3,(H,23,26). The van der Waals surface area contributed by atoms with E-state index in [-0.39, 0.29) is 24.0 Å². The summed E-state index contributed by atoms with van der Waals surface area (Å²) >= 11 is 3.34. The minimum Gasteiger partial charge on any atom is -0.454 e. The SMILES string of the molecule is CC(C)C(=O)Nc1ccc(C(=O)C(C)OC(=O)Cc2ccc(Br)cc2)cc1. The molecule has 1 N–H and O–H groups in total. The average molecular weight is 432 g/mol. The Morgan fingerprint density at radius 1 is 0.963 bits per heavy atom. The molecule has 0 saturated carbocycles. The third kappa shape index (κ3) is 6.32. The second-order valence-electron chi connectivity index (χ2n) is 6.52. The summed E-state index contributed by atoms with van der Waals surface area (Å²) in [5.74, 6) is -0.972. The maximum absolute atomic E-state index is 12.4. The van der Waals surface area contributed by atoms with E-state index < -0.39 is 12.1 Å². The van der Waals surface area contributed by atoms with Crippen molar-refractivity contribution in [1.82, 2.24) is 0 Å². The highest BCUT2D eigenvalue weighted by Gasteiger charge is 2.20. The van der Waals surface area contributed by atoms with Crippen molar-refractivity contribution in [3.05, 3.63) is 64.1 Å². The summed E-state index contributed by atoms with van der Waals surface area (Å²) in [6.07, 6.45) is -0.783. The first-order chi connectivity index (χ1) is 12.8. The van der Waals surface area contributed by atoms with Crippen molar-refractivity contribution in [3.8, 4) is 0 Å². The molecule has 1 atom stereocenters. The van der Waals surface area contributed by atoms with E-state index in [1.54, 1.807) is 45.0 Å². The van der Waals surface area contributed by atoms with Crippen LogP contribution in [0.15, 0.2) is 53.0 Å². The van der Waals surface area contributed by atoms with E-state index in [0.717, 1.165) is 10.0 Å². The number of nitrogens with one attached hydrogen (secondary N) is 1. The smallest absolute Gasteiger partial charge is 0.310 e. The number of anilines is 1. The van der Waals surface area contributed by atoms with E-state index in [2.05, 4.69) is 21.2 Å². The van der Waals surface area contributed by atoms with Gasteiger partial charge in [0.2, 0.25) is 11.7 Å². The molecule has 0 aliphatic rings.